The van der Waals surface area contributed by atoms with Gasteiger partial charge in [-0.15, -0.1) is 0 Å². The van der Waals surface area contributed by atoms with Gasteiger partial charge in [0.2, 0.25) is 5.91 Å². The van der Waals surface area contributed by atoms with Crippen LogP contribution in [0.5, 0.6) is 0 Å². The number of benzene rings is 1. The molecule has 0 saturated carbocycles. The van der Waals surface area contributed by atoms with Gasteiger partial charge >= 0.3 is 5.97 Å². The van der Waals surface area contributed by atoms with Crippen LogP contribution in [0.1, 0.15) is 15.9 Å². The fourth-order valence-electron chi connectivity index (χ4n) is 2.37. The first-order valence-electron chi connectivity index (χ1n) is 6.73. The highest BCUT2D eigenvalue weighted by atomic mass is 19.1. The van der Waals surface area contributed by atoms with Crippen LogP contribution in [0.4, 0.5) is 10.2 Å². The van der Waals surface area contributed by atoms with Crippen molar-refractivity contribution in [3.05, 3.63) is 53.5 Å². The smallest absolute Gasteiger partial charge is 0.338 e. The van der Waals surface area contributed by atoms with Crippen molar-refractivity contribution in [3.8, 4) is 11.1 Å². The van der Waals surface area contributed by atoms with Gasteiger partial charge in [-0.3, -0.25) is 4.79 Å². The number of aromatic nitrogens is 1. The van der Waals surface area contributed by atoms with Gasteiger partial charge in [0.25, 0.3) is 0 Å². The summed E-state index contributed by atoms with van der Waals surface area (Å²) in [7, 11) is 0. The molecule has 1 aliphatic heterocycles. The molecule has 0 radical (unpaired) electrons. The maximum Gasteiger partial charge on any atom is 0.338 e. The fourth-order valence-corrected chi connectivity index (χ4v) is 2.37. The van der Waals surface area contributed by atoms with E-state index in [0.717, 1.165) is 11.6 Å². The van der Waals surface area contributed by atoms with E-state index in [1.807, 2.05) is 0 Å². The lowest BCUT2D eigenvalue weighted by molar-refractivity contribution is -0.115. The van der Waals surface area contributed by atoms with Crippen LogP contribution in [0.2, 0.25) is 0 Å². The molecule has 1 aromatic heterocycles. The molecule has 0 atom stereocenters. The van der Waals surface area contributed by atoms with Crippen LogP contribution in [0, 0.1) is 5.82 Å². The third-order valence-corrected chi connectivity index (χ3v) is 3.56. The number of carbonyl (C=O) groups excluding carboxylic acids is 1. The standard InChI is InChI=1S/C16H12FN3O3/c17-13-2-1-8(3-12(13)16(22)23)11-4-9(7-20-15(11)18)10-5-14(21)19-6-10/h1-5,7H,6H2,(H2,18,20)(H,19,21)(H,22,23). The minimum atomic E-state index is -1.36. The van der Waals surface area contributed by atoms with E-state index < -0.39 is 17.3 Å². The van der Waals surface area contributed by atoms with Gasteiger partial charge in [-0.25, -0.2) is 14.2 Å². The Morgan fingerprint density at radius 3 is 2.74 bits per heavy atom. The molecule has 0 unspecified atom stereocenters. The van der Waals surface area contributed by atoms with Crippen LogP contribution in [-0.2, 0) is 4.79 Å². The molecule has 23 heavy (non-hydrogen) atoms. The Morgan fingerprint density at radius 1 is 1.30 bits per heavy atom. The molecule has 2 heterocycles. The first-order chi connectivity index (χ1) is 11.0. The number of hydrogen-bond donors (Lipinski definition) is 3. The highest BCUT2D eigenvalue weighted by Gasteiger charge is 2.17. The van der Waals surface area contributed by atoms with Gasteiger partial charge in [0, 0.05) is 24.4 Å². The van der Waals surface area contributed by atoms with E-state index in [4.69, 9.17) is 10.8 Å². The lowest BCUT2D eigenvalue weighted by atomic mass is 9.99. The topological polar surface area (TPSA) is 105 Å². The first kappa shape index (κ1) is 14.7. The van der Waals surface area contributed by atoms with E-state index >= 15 is 0 Å². The number of carbonyl (C=O) groups is 2. The summed E-state index contributed by atoms with van der Waals surface area (Å²) in [5.74, 6) is -2.18. The number of nitrogen functional groups attached to an aromatic ring is 1. The zero-order valence-electron chi connectivity index (χ0n) is 11.8. The number of pyridine rings is 1. The lowest BCUT2D eigenvalue weighted by Gasteiger charge is -2.10. The first-order valence-corrected chi connectivity index (χ1v) is 6.73. The third-order valence-electron chi connectivity index (χ3n) is 3.56. The maximum atomic E-state index is 13.5. The molecule has 1 aliphatic rings. The summed E-state index contributed by atoms with van der Waals surface area (Å²) in [6.45, 7) is 0.383. The van der Waals surface area contributed by atoms with E-state index in [9.17, 15) is 14.0 Å². The van der Waals surface area contributed by atoms with Crippen LogP contribution < -0.4 is 11.1 Å². The molecule has 1 amide bonds. The number of carboxylic acid groups (broad SMARTS) is 1. The number of nitrogens with one attached hydrogen (secondary N) is 1. The summed E-state index contributed by atoms with van der Waals surface area (Å²) in [6, 6.07) is 5.42. The lowest BCUT2D eigenvalue weighted by Crippen LogP contribution is -2.14. The van der Waals surface area contributed by atoms with E-state index in [-0.39, 0.29) is 11.7 Å². The highest BCUT2D eigenvalue weighted by Crippen LogP contribution is 2.29. The van der Waals surface area contributed by atoms with Crippen LogP contribution in [0.25, 0.3) is 16.7 Å². The number of rotatable bonds is 3. The van der Waals surface area contributed by atoms with Crippen molar-refractivity contribution < 1.29 is 19.1 Å². The SMILES string of the molecule is Nc1ncc(C2=CC(=O)NC2)cc1-c1ccc(F)c(C(=O)O)c1. The number of halogens is 1. The summed E-state index contributed by atoms with van der Waals surface area (Å²) >= 11 is 0. The molecule has 2 aromatic rings. The average molecular weight is 313 g/mol. The molecule has 3 rings (SSSR count). The van der Waals surface area contributed by atoms with E-state index in [2.05, 4.69) is 10.3 Å². The van der Waals surface area contributed by atoms with Crippen LogP contribution in [-0.4, -0.2) is 28.5 Å². The number of amides is 1. The number of nitrogens with zero attached hydrogens (tertiary/aromatic N) is 1. The van der Waals surface area contributed by atoms with Gasteiger partial charge in [0.15, 0.2) is 0 Å². The van der Waals surface area contributed by atoms with Crippen molar-refractivity contribution in [1.82, 2.24) is 10.3 Å². The van der Waals surface area contributed by atoms with Gasteiger partial charge in [0.1, 0.15) is 11.6 Å². The molecule has 116 valence electrons. The molecule has 1 aromatic carbocycles. The third kappa shape index (κ3) is 2.76. The van der Waals surface area contributed by atoms with E-state index in [1.54, 1.807) is 6.07 Å². The zero-order chi connectivity index (χ0) is 16.6. The van der Waals surface area contributed by atoms with Gasteiger partial charge < -0.3 is 16.2 Å². The average Bonchev–Trinajstić information content (AvgIpc) is 2.95. The Bertz CT molecular complexity index is 862. The molecule has 4 N–H and O–H groups in total. The second-order valence-corrected chi connectivity index (χ2v) is 5.04. The van der Waals surface area contributed by atoms with E-state index in [1.165, 1.54) is 24.4 Å². The Kier molecular flexibility index (Phi) is 3.53. The minimum Gasteiger partial charge on any atom is -0.478 e. The van der Waals surface area contributed by atoms with Crippen molar-refractivity contribution in [1.29, 1.82) is 0 Å². The van der Waals surface area contributed by atoms with Crippen molar-refractivity contribution in [3.63, 3.8) is 0 Å². The Balaban J connectivity index is 2.09. The quantitative estimate of drug-likeness (QED) is 0.799. The Morgan fingerprint density at radius 2 is 2.09 bits per heavy atom. The molecule has 0 aliphatic carbocycles. The number of hydrogen-bond acceptors (Lipinski definition) is 4. The van der Waals surface area contributed by atoms with Crippen molar-refractivity contribution in [2.24, 2.45) is 0 Å². The van der Waals surface area contributed by atoms with Gasteiger partial charge in [0.05, 0.1) is 5.56 Å². The van der Waals surface area contributed by atoms with Crippen LogP contribution in [0.3, 0.4) is 0 Å². The van der Waals surface area contributed by atoms with Crippen molar-refractivity contribution in [2.45, 2.75) is 0 Å². The largest absolute Gasteiger partial charge is 0.478 e. The zero-order valence-corrected chi connectivity index (χ0v) is 11.8. The molecule has 6 nitrogen and oxygen atoms in total. The summed E-state index contributed by atoms with van der Waals surface area (Å²) < 4.78 is 13.5. The number of aromatic carboxylic acids is 1. The van der Waals surface area contributed by atoms with Gasteiger partial charge in [-0.2, -0.15) is 0 Å². The predicted molar refractivity (Wildman–Crippen MR) is 82.0 cm³/mol. The minimum absolute atomic E-state index is 0.187. The monoisotopic (exact) mass is 313 g/mol. The molecular weight excluding hydrogens is 301 g/mol. The highest BCUT2D eigenvalue weighted by molar-refractivity contribution is 6.01. The Hall–Kier alpha value is -3.22. The van der Waals surface area contributed by atoms with Crippen molar-refractivity contribution >= 4 is 23.3 Å². The maximum absolute atomic E-state index is 13.5. The second kappa shape index (κ2) is 5.53. The Labute approximate surface area is 130 Å². The number of anilines is 1. The number of carboxylic acids is 1. The molecule has 0 saturated heterocycles. The summed E-state index contributed by atoms with van der Waals surface area (Å²) in [6.07, 6.45) is 3.00. The van der Waals surface area contributed by atoms with Gasteiger partial charge in [-0.05, 0) is 34.9 Å². The fraction of sp³-hybridized carbons (Fsp3) is 0.0625. The molecule has 0 spiro atoms. The van der Waals surface area contributed by atoms with Crippen LogP contribution >= 0.6 is 0 Å². The summed E-state index contributed by atoms with van der Waals surface area (Å²) in [5, 5.41) is 11.7. The molecule has 7 heteroatoms. The number of nitrogens with two attached hydrogens (primary N) is 1. The van der Waals surface area contributed by atoms with Crippen LogP contribution in [0.15, 0.2) is 36.5 Å². The van der Waals surface area contributed by atoms with E-state index in [0.29, 0.717) is 23.2 Å². The second-order valence-electron chi connectivity index (χ2n) is 5.04. The summed E-state index contributed by atoms with van der Waals surface area (Å²) in [4.78, 5) is 26.4. The normalized spacial score (nSPS) is 13.6. The predicted octanol–water partition coefficient (Wildman–Crippen LogP) is 1.68. The molecule has 0 fully saturated rings. The molecule has 0 bridgehead atoms. The van der Waals surface area contributed by atoms with Crippen molar-refractivity contribution in [2.75, 3.05) is 12.3 Å². The molecular formula is C16H12FN3O3. The summed E-state index contributed by atoms with van der Waals surface area (Å²) in [5.41, 5.74) is 7.78. The van der Waals surface area contributed by atoms with Gasteiger partial charge in [-0.1, -0.05) is 6.07 Å².